The number of carbonyl (C=O) groups is 2. The molecule has 0 aromatic carbocycles. The molecule has 4 atom stereocenters. The molecule has 4 unspecified atom stereocenters. The van der Waals surface area contributed by atoms with Crippen LogP contribution in [0.1, 0.15) is 19.3 Å². The second-order valence-corrected chi connectivity index (χ2v) is 4.15. The first-order valence-corrected chi connectivity index (χ1v) is 5.10. The van der Waals surface area contributed by atoms with E-state index in [0.29, 0.717) is 19.3 Å². The Labute approximate surface area is 87.4 Å². The molecule has 1 aliphatic heterocycles. The van der Waals surface area contributed by atoms with Crippen LogP contribution in [0.3, 0.4) is 0 Å². The van der Waals surface area contributed by atoms with Crippen molar-refractivity contribution < 1.29 is 24.2 Å². The van der Waals surface area contributed by atoms with Crippen molar-refractivity contribution in [2.24, 2.45) is 17.8 Å². The topological polar surface area (TPSA) is 72.8 Å². The Bertz CT molecular complexity index is 288. The summed E-state index contributed by atoms with van der Waals surface area (Å²) in [6.07, 6.45) is 0.915. The van der Waals surface area contributed by atoms with Crippen LogP contribution in [0, 0.1) is 17.8 Å². The van der Waals surface area contributed by atoms with Crippen LogP contribution in [0.25, 0.3) is 0 Å². The van der Waals surface area contributed by atoms with Crippen molar-refractivity contribution in [3.05, 3.63) is 0 Å². The van der Waals surface area contributed by atoms with E-state index >= 15 is 0 Å². The summed E-state index contributed by atoms with van der Waals surface area (Å²) in [4.78, 5) is 22.5. The van der Waals surface area contributed by atoms with Crippen LogP contribution in [0.5, 0.6) is 0 Å². The Morgan fingerprint density at radius 3 is 2.67 bits per heavy atom. The summed E-state index contributed by atoms with van der Waals surface area (Å²) in [5.74, 6) is -1.60. The van der Waals surface area contributed by atoms with Crippen LogP contribution >= 0.6 is 0 Å². The monoisotopic (exact) mass is 214 g/mol. The molecule has 0 bridgehead atoms. The molecule has 5 nitrogen and oxygen atoms in total. The van der Waals surface area contributed by atoms with Crippen LogP contribution in [0.4, 0.5) is 0 Å². The smallest absolute Gasteiger partial charge is 0.317 e. The average molecular weight is 214 g/mol. The van der Waals surface area contributed by atoms with Gasteiger partial charge in [-0.3, -0.25) is 9.59 Å². The first kappa shape index (κ1) is 10.6. The first-order valence-electron chi connectivity index (χ1n) is 5.10. The van der Waals surface area contributed by atoms with Gasteiger partial charge < -0.3 is 14.6 Å². The molecule has 2 fully saturated rings. The fourth-order valence-electron chi connectivity index (χ4n) is 2.45. The zero-order chi connectivity index (χ0) is 11.0. The highest BCUT2D eigenvalue weighted by Crippen LogP contribution is 2.40. The van der Waals surface area contributed by atoms with E-state index in [1.54, 1.807) is 0 Å². The summed E-state index contributed by atoms with van der Waals surface area (Å²) in [7, 11) is 1.43. The number of rotatable bonds is 2. The van der Waals surface area contributed by atoms with E-state index in [4.69, 9.17) is 4.74 Å². The van der Waals surface area contributed by atoms with Crippen molar-refractivity contribution in [3.8, 4) is 0 Å². The number of esters is 2. The Morgan fingerprint density at radius 2 is 2.00 bits per heavy atom. The predicted molar refractivity (Wildman–Crippen MR) is 48.4 cm³/mol. The molecule has 2 rings (SSSR count). The number of methoxy groups -OCH3 is 1. The van der Waals surface area contributed by atoms with Gasteiger partial charge in [-0.25, -0.2) is 0 Å². The minimum absolute atomic E-state index is 0.0744. The quantitative estimate of drug-likeness (QED) is 0.400. The van der Waals surface area contributed by atoms with Crippen LogP contribution in [0.15, 0.2) is 0 Å². The van der Waals surface area contributed by atoms with E-state index in [1.807, 2.05) is 0 Å². The largest absolute Gasteiger partial charge is 0.393 e. The number of hydrogen-bond donors (Lipinski definition) is 1. The lowest BCUT2D eigenvalue weighted by Crippen LogP contribution is -2.33. The Morgan fingerprint density at radius 1 is 1.33 bits per heavy atom. The third kappa shape index (κ3) is 1.77. The van der Waals surface area contributed by atoms with Crippen molar-refractivity contribution in [2.75, 3.05) is 7.11 Å². The Kier molecular flexibility index (Phi) is 2.75. The third-order valence-electron chi connectivity index (χ3n) is 3.34. The minimum atomic E-state index is -0.852. The second kappa shape index (κ2) is 3.90. The Hall–Kier alpha value is -0.940. The molecule has 1 saturated carbocycles. The van der Waals surface area contributed by atoms with E-state index in [0.717, 1.165) is 0 Å². The van der Waals surface area contributed by atoms with E-state index < -0.39 is 18.2 Å². The maximum absolute atomic E-state index is 11.3. The van der Waals surface area contributed by atoms with E-state index in [2.05, 4.69) is 4.74 Å². The normalized spacial score (nSPS) is 37.3. The summed E-state index contributed by atoms with van der Waals surface area (Å²) >= 11 is 0. The van der Waals surface area contributed by atoms with Gasteiger partial charge in [-0.2, -0.15) is 0 Å². The van der Waals surface area contributed by atoms with Crippen molar-refractivity contribution in [1.29, 1.82) is 0 Å². The molecule has 0 radical (unpaired) electrons. The lowest BCUT2D eigenvalue weighted by molar-refractivity contribution is -0.153. The summed E-state index contributed by atoms with van der Waals surface area (Å²) in [5.41, 5.74) is 0. The van der Waals surface area contributed by atoms with Crippen molar-refractivity contribution in [1.82, 2.24) is 0 Å². The molecule has 0 amide bonds. The maximum atomic E-state index is 11.3. The minimum Gasteiger partial charge on any atom is -0.393 e. The van der Waals surface area contributed by atoms with Crippen molar-refractivity contribution in [3.63, 3.8) is 0 Å². The summed E-state index contributed by atoms with van der Waals surface area (Å²) in [5, 5.41) is 9.50. The maximum Gasteiger partial charge on any atom is 0.317 e. The van der Waals surface area contributed by atoms with Crippen molar-refractivity contribution in [2.45, 2.75) is 25.6 Å². The number of fused-ring (bicyclic) bond motifs is 1. The lowest BCUT2D eigenvalue weighted by atomic mass is 9.75. The van der Waals surface area contributed by atoms with Gasteiger partial charge in [-0.1, -0.05) is 0 Å². The van der Waals surface area contributed by atoms with Gasteiger partial charge in [0.2, 0.25) is 0 Å². The zero-order valence-corrected chi connectivity index (χ0v) is 8.51. The fourth-order valence-corrected chi connectivity index (χ4v) is 2.45. The van der Waals surface area contributed by atoms with E-state index in [1.165, 1.54) is 7.11 Å². The second-order valence-electron chi connectivity index (χ2n) is 4.15. The van der Waals surface area contributed by atoms with Gasteiger partial charge in [0.05, 0.1) is 11.8 Å². The van der Waals surface area contributed by atoms with Crippen LogP contribution in [-0.4, -0.2) is 30.4 Å². The van der Waals surface area contributed by atoms with Gasteiger partial charge in [0, 0.05) is 13.0 Å². The highest BCUT2D eigenvalue weighted by Gasteiger charge is 2.48. The standard InChI is InChI=1S/C10H14O5/c1-14-8(11)5-2-3-6-7(4-5)10(13)15-9(6)12/h5-8,11H,2-4H2,1H3. The highest BCUT2D eigenvalue weighted by atomic mass is 16.6. The van der Waals surface area contributed by atoms with Crippen molar-refractivity contribution >= 4 is 11.9 Å². The van der Waals surface area contributed by atoms with Gasteiger partial charge in [0.1, 0.15) is 0 Å². The molecule has 1 heterocycles. The SMILES string of the molecule is COC(O)C1CCC2C(=O)OC(=O)C2C1. The van der Waals surface area contributed by atoms with Crippen LogP contribution < -0.4 is 0 Å². The summed E-state index contributed by atoms with van der Waals surface area (Å²) < 4.78 is 9.39. The number of aliphatic hydroxyl groups excluding tert-OH is 1. The number of hydrogen-bond acceptors (Lipinski definition) is 5. The summed E-state index contributed by atoms with van der Waals surface area (Å²) in [6, 6.07) is 0. The molecule has 1 saturated heterocycles. The Balaban J connectivity index is 2.05. The lowest BCUT2D eigenvalue weighted by Gasteiger charge is -2.30. The molecule has 0 spiro atoms. The number of cyclic esters (lactones) is 2. The molecule has 1 aliphatic carbocycles. The fraction of sp³-hybridized carbons (Fsp3) is 0.800. The van der Waals surface area contributed by atoms with Crippen LogP contribution in [-0.2, 0) is 19.1 Å². The van der Waals surface area contributed by atoms with Crippen LogP contribution in [0.2, 0.25) is 0 Å². The number of ether oxygens (including phenoxy) is 2. The predicted octanol–water partition coefficient (Wildman–Crippen LogP) is 0.0671. The van der Waals surface area contributed by atoms with Gasteiger partial charge in [-0.05, 0) is 19.3 Å². The molecule has 0 aromatic rings. The molecule has 5 heteroatoms. The molecule has 1 N–H and O–H groups in total. The van der Waals surface area contributed by atoms with E-state index in [9.17, 15) is 14.7 Å². The van der Waals surface area contributed by atoms with E-state index in [-0.39, 0.29) is 17.8 Å². The molecule has 15 heavy (non-hydrogen) atoms. The average Bonchev–Trinajstić information content (AvgIpc) is 2.53. The first-order chi connectivity index (χ1) is 7.13. The van der Waals surface area contributed by atoms with Gasteiger partial charge in [0.25, 0.3) is 0 Å². The number of carbonyl (C=O) groups excluding carboxylic acids is 2. The molecule has 0 aromatic heterocycles. The summed E-state index contributed by atoms with van der Waals surface area (Å²) in [6.45, 7) is 0. The molecular formula is C10H14O5. The third-order valence-corrected chi connectivity index (χ3v) is 3.34. The molecular weight excluding hydrogens is 200 g/mol. The molecule has 84 valence electrons. The number of aliphatic hydroxyl groups is 1. The van der Waals surface area contributed by atoms with Gasteiger partial charge >= 0.3 is 11.9 Å². The molecule has 2 aliphatic rings. The zero-order valence-electron chi connectivity index (χ0n) is 8.51. The van der Waals surface area contributed by atoms with Gasteiger partial charge in [-0.15, -0.1) is 0 Å². The van der Waals surface area contributed by atoms with Gasteiger partial charge in [0.15, 0.2) is 6.29 Å². The highest BCUT2D eigenvalue weighted by molar-refractivity contribution is 5.96.